The molecule has 7 heteroatoms. The quantitative estimate of drug-likeness (QED) is 0.924. The van der Waals surface area contributed by atoms with E-state index in [0.29, 0.717) is 12.2 Å². The molecule has 25 heavy (non-hydrogen) atoms. The Hall–Kier alpha value is -2.83. The van der Waals surface area contributed by atoms with E-state index >= 15 is 0 Å². The summed E-state index contributed by atoms with van der Waals surface area (Å²) in [6.45, 7) is 0.615. The first kappa shape index (κ1) is 17.0. The Labute approximate surface area is 142 Å². The molecule has 2 amide bonds. The van der Waals surface area contributed by atoms with Crippen molar-refractivity contribution in [3.05, 3.63) is 65.5 Å². The van der Waals surface area contributed by atoms with Crippen LogP contribution in [0.2, 0.25) is 0 Å². The van der Waals surface area contributed by atoms with Crippen LogP contribution in [0.4, 0.5) is 18.9 Å². The molecule has 4 nitrogen and oxygen atoms in total. The highest BCUT2D eigenvalue weighted by Gasteiger charge is 2.30. The summed E-state index contributed by atoms with van der Waals surface area (Å²) < 4.78 is 39.0. The number of amides is 2. The van der Waals surface area contributed by atoms with Gasteiger partial charge in [-0.1, -0.05) is 0 Å². The second-order valence-electron chi connectivity index (χ2n) is 5.89. The molecule has 0 saturated carbocycles. The van der Waals surface area contributed by atoms with Crippen molar-refractivity contribution in [3.63, 3.8) is 0 Å². The molecule has 1 aliphatic heterocycles. The van der Waals surface area contributed by atoms with Crippen molar-refractivity contribution in [1.29, 1.82) is 0 Å². The average Bonchev–Trinajstić information content (AvgIpc) is 2.96. The number of carbonyl (C=O) groups excluding carboxylic acids is 2. The van der Waals surface area contributed by atoms with Gasteiger partial charge in [0.1, 0.15) is 5.82 Å². The predicted molar refractivity (Wildman–Crippen MR) is 85.6 cm³/mol. The van der Waals surface area contributed by atoms with E-state index in [1.807, 2.05) is 0 Å². The van der Waals surface area contributed by atoms with Gasteiger partial charge in [-0.15, -0.1) is 0 Å². The number of nitrogens with zero attached hydrogens (tertiary/aromatic N) is 1. The van der Waals surface area contributed by atoms with Crippen LogP contribution in [0, 0.1) is 23.4 Å². The highest BCUT2D eigenvalue weighted by atomic mass is 19.2. The third-order valence-electron chi connectivity index (χ3n) is 4.08. The number of nitrogens with one attached hydrogen (secondary N) is 1. The Morgan fingerprint density at radius 3 is 2.48 bits per heavy atom. The Morgan fingerprint density at radius 2 is 1.80 bits per heavy atom. The van der Waals surface area contributed by atoms with Crippen LogP contribution in [0.5, 0.6) is 0 Å². The highest BCUT2D eigenvalue weighted by molar-refractivity contribution is 5.96. The summed E-state index contributed by atoms with van der Waals surface area (Å²) in [5.41, 5.74) is 0.611. The van der Waals surface area contributed by atoms with Gasteiger partial charge in [-0.05, 0) is 42.5 Å². The van der Waals surface area contributed by atoms with Crippen molar-refractivity contribution in [3.8, 4) is 0 Å². The SMILES string of the molecule is O=C(NCC1CC(=O)N(c2ccc(F)cc2)C1)c1ccc(F)c(F)c1. The lowest BCUT2D eigenvalue weighted by Crippen LogP contribution is -2.31. The van der Waals surface area contributed by atoms with Crippen LogP contribution in [-0.2, 0) is 4.79 Å². The minimum absolute atomic E-state index is 0.0126. The maximum Gasteiger partial charge on any atom is 0.251 e. The number of hydrogen-bond donors (Lipinski definition) is 1. The van der Waals surface area contributed by atoms with Gasteiger partial charge in [0.15, 0.2) is 11.6 Å². The molecule has 2 aromatic rings. The van der Waals surface area contributed by atoms with Gasteiger partial charge in [0.2, 0.25) is 5.91 Å². The Morgan fingerprint density at radius 1 is 1.08 bits per heavy atom. The molecule has 0 radical (unpaired) electrons. The monoisotopic (exact) mass is 348 g/mol. The molecule has 1 heterocycles. The van der Waals surface area contributed by atoms with Crippen molar-refractivity contribution in [2.75, 3.05) is 18.0 Å². The topological polar surface area (TPSA) is 49.4 Å². The minimum Gasteiger partial charge on any atom is -0.352 e. The molecule has 1 atom stereocenters. The normalized spacial score (nSPS) is 17.0. The van der Waals surface area contributed by atoms with Crippen LogP contribution in [0.3, 0.4) is 0 Å². The number of hydrogen-bond acceptors (Lipinski definition) is 2. The molecule has 2 aromatic carbocycles. The summed E-state index contributed by atoms with van der Waals surface area (Å²) in [6.07, 6.45) is 0.245. The van der Waals surface area contributed by atoms with Crippen molar-refractivity contribution in [2.24, 2.45) is 5.92 Å². The molecule has 130 valence electrons. The zero-order valence-corrected chi connectivity index (χ0v) is 13.1. The maximum absolute atomic E-state index is 13.2. The number of rotatable bonds is 4. The summed E-state index contributed by atoms with van der Waals surface area (Å²) in [5, 5.41) is 2.62. The molecular formula is C18H15F3N2O2. The molecule has 0 spiro atoms. The van der Waals surface area contributed by atoms with Crippen molar-refractivity contribution in [2.45, 2.75) is 6.42 Å². The van der Waals surface area contributed by atoms with E-state index in [4.69, 9.17) is 0 Å². The number of halogens is 3. The van der Waals surface area contributed by atoms with Crippen molar-refractivity contribution >= 4 is 17.5 Å². The van der Waals surface area contributed by atoms with Gasteiger partial charge in [0.25, 0.3) is 5.91 Å². The second-order valence-corrected chi connectivity index (χ2v) is 5.89. The standard InChI is InChI=1S/C18H15F3N2O2/c19-13-2-4-14(5-3-13)23-10-11(7-17(23)24)9-22-18(25)12-1-6-15(20)16(21)8-12/h1-6,8,11H,7,9-10H2,(H,22,25). The zero-order valence-electron chi connectivity index (χ0n) is 13.1. The molecular weight excluding hydrogens is 333 g/mol. The Kier molecular flexibility index (Phi) is 4.74. The first-order valence-corrected chi connectivity index (χ1v) is 7.73. The molecule has 1 unspecified atom stereocenters. The van der Waals surface area contributed by atoms with Gasteiger partial charge in [-0.2, -0.15) is 0 Å². The lowest BCUT2D eigenvalue weighted by Gasteiger charge is -2.17. The van der Waals surface area contributed by atoms with Crippen LogP contribution in [0.1, 0.15) is 16.8 Å². The minimum atomic E-state index is -1.09. The second kappa shape index (κ2) is 6.96. The third-order valence-corrected chi connectivity index (χ3v) is 4.08. The Bertz CT molecular complexity index is 808. The van der Waals surface area contributed by atoms with E-state index in [1.54, 1.807) is 0 Å². The zero-order chi connectivity index (χ0) is 18.0. The fraction of sp³-hybridized carbons (Fsp3) is 0.222. The number of benzene rings is 2. The molecule has 1 saturated heterocycles. The molecule has 3 rings (SSSR count). The van der Waals surface area contributed by atoms with Gasteiger partial charge >= 0.3 is 0 Å². The largest absolute Gasteiger partial charge is 0.352 e. The van der Waals surface area contributed by atoms with E-state index in [2.05, 4.69) is 5.32 Å². The van der Waals surface area contributed by atoms with Crippen LogP contribution >= 0.6 is 0 Å². The van der Waals surface area contributed by atoms with Crippen LogP contribution in [-0.4, -0.2) is 24.9 Å². The summed E-state index contributed by atoms with van der Waals surface area (Å²) in [5.74, 6) is -3.26. The van der Waals surface area contributed by atoms with Crippen LogP contribution < -0.4 is 10.2 Å². The lowest BCUT2D eigenvalue weighted by molar-refractivity contribution is -0.117. The Balaban J connectivity index is 1.59. The van der Waals surface area contributed by atoms with Gasteiger partial charge in [0.05, 0.1) is 0 Å². The molecule has 1 N–H and O–H groups in total. The third kappa shape index (κ3) is 3.81. The highest BCUT2D eigenvalue weighted by Crippen LogP contribution is 2.25. The molecule has 0 aromatic heterocycles. The molecule has 0 bridgehead atoms. The maximum atomic E-state index is 13.2. The van der Waals surface area contributed by atoms with Gasteiger partial charge < -0.3 is 10.2 Å². The van der Waals surface area contributed by atoms with E-state index in [0.717, 1.165) is 12.1 Å². The first-order chi connectivity index (χ1) is 11.9. The van der Waals surface area contributed by atoms with E-state index in [9.17, 15) is 22.8 Å². The summed E-state index contributed by atoms with van der Waals surface area (Å²) >= 11 is 0. The summed E-state index contributed by atoms with van der Waals surface area (Å²) in [7, 11) is 0. The van der Waals surface area contributed by atoms with Crippen LogP contribution in [0.15, 0.2) is 42.5 Å². The smallest absolute Gasteiger partial charge is 0.251 e. The number of anilines is 1. The van der Waals surface area contributed by atoms with Crippen molar-refractivity contribution in [1.82, 2.24) is 5.32 Å². The fourth-order valence-corrected chi connectivity index (χ4v) is 2.77. The van der Waals surface area contributed by atoms with Gasteiger partial charge in [0, 0.05) is 36.7 Å². The van der Waals surface area contributed by atoms with Gasteiger partial charge in [-0.25, -0.2) is 13.2 Å². The summed E-state index contributed by atoms with van der Waals surface area (Å²) in [6, 6.07) is 8.51. The summed E-state index contributed by atoms with van der Waals surface area (Å²) in [4.78, 5) is 25.6. The lowest BCUT2D eigenvalue weighted by atomic mass is 10.1. The molecule has 0 aliphatic carbocycles. The molecule has 1 fully saturated rings. The van der Waals surface area contributed by atoms with E-state index in [-0.39, 0.29) is 36.2 Å². The average molecular weight is 348 g/mol. The fourth-order valence-electron chi connectivity index (χ4n) is 2.77. The van der Waals surface area contributed by atoms with E-state index in [1.165, 1.54) is 35.2 Å². The van der Waals surface area contributed by atoms with E-state index < -0.39 is 17.5 Å². The first-order valence-electron chi connectivity index (χ1n) is 7.73. The number of carbonyl (C=O) groups is 2. The van der Waals surface area contributed by atoms with Crippen molar-refractivity contribution < 1.29 is 22.8 Å². The van der Waals surface area contributed by atoms with Gasteiger partial charge in [-0.3, -0.25) is 9.59 Å². The molecule has 1 aliphatic rings. The predicted octanol–water partition coefficient (Wildman–Crippen LogP) is 2.89. The van der Waals surface area contributed by atoms with Crippen LogP contribution in [0.25, 0.3) is 0 Å².